The van der Waals surface area contributed by atoms with Crippen molar-refractivity contribution in [3.8, 4) is 39.8 Å². The Kier molecular flexibility index (Phi) is 4.22. The molecule has 4 rings (SSSR count). The van der Waals surface area contributed by atoms with E-state index in [4.69, 9.17) is 4.74 Å². The van der Waals surface area contributed by atoms with Crippen LogP contribution in [0.1, 0.15) is 44.2 Å². The molecule has 1 saturated carbocycles. The Hall–Kier alpha value is -3.09. The van der Waals surface area contributed by atoms with Crippen LogP contribution in [-0.4, -0.2) is 37.5 Å². The third-order valence-corrected chi connectivity index (χ3v) is 4.92. The van der Waals surface area contributed by atoms with Crippen molar-refractivity contribution in [1.82, 2.24) is 20.2 Å². The van der Waals surface area contributed by atoms with Crippen LogP contribution in [-0.2, 0) is 0 Å². The molecule has 0 radical (unpaired) electrons. The number of aromatic nitrogens is 4. The quantitative estimate of drug-likeness (QED) is 0.712. The molecular weight excluding hydrogens is 344 g/mol. The molecular formula is C20H22N4O3. The second kappa shape index (κ2) is 6.57. The second-order valence-electron chi connectivity index (χ2n) is 7.18. The number of benzene rings is 2. The van der Waals surface area contributed by atoms with Crippen molar-refractivity contribution in [2.24, 2.45) is 0 Å². The first kappa shape index (κ1) is 17.3. The van der Waals surface area contributed by atoms with Crippen molar-refractivity contribution in [3.63, 3.8) is 0 Å². The highest BCUT2D eigenvalue weighted by Crippen LogP contribution is 2.44. The van der Waals surface area contributed by atoms with Gasteiger partial charge in [0.1, 0.15) is 17.2 Å². The molecule has 140 valence electrons. The average Bonchev–Trinajstić information content (AvgIpc) is 3.38. The van der Waals surface area contributed by atoms with Gasteiger partial charge in [-0.2, -0.15) is 0 Å². The van der Waals surface area contributed by atoms with Crippen LogP contribution in [0.25, 0.3) is 22.5 Å². The molecule has 2 aromatic carbocycles. The number of hydrogen-bond donors (Lipinski definition) is 2. The molecule has 0 amide bonds. The van der Waals surface area contributed by atoms with E-state index in [1.165, 1.54) is 6.07 Å². The summed E-state index contributed by atoms with van der Waals surface area (Å²) in [6.07, 6.45) is 2.04. The van der Waals surface area contributed by atoms with E-state index < -0.39 is 0 Å². The lowest BCUT2D eigenvalue weighted by atomic mass is 9.94. The zero-order chi connectivity index (χ0) is 19.1. The van der Waals surface area contributed by atoms with Gasteiger partial charge in [0.25, 0.3) is 0 Å². The van der Waals surface area contributed by atoms with Crippen molar-refractivity contribution < 1.29 is 14.9 Å². The molecule has 0 atom stereocenters. The van der Waals surface area contributed by atoms with Crippen molar-refractivity contribution in [1.29, 1.82) is 0 Å². The molecule has 3 aromatic rings. The SMILES string of the molecule is COc1ccc(C(C)C)cc1-c1cc(-c2nnnn2C2CC2)c(O)cc1O. The summed E-state index contributed by atoms with van der Waals surface area (Å²) in [5.41, 5.74) is 2.93. The Morgan fingerprint density at radius 1 is 1.04 bits per heavy atom. The van der Waals surface area contributed by atoms with Gasteiger partial charge in [0, 0.05) is 17.2 Å². The maximum absolute atomic E-state index is 10.5. The van der Waals surface area contributed by atoms with E-state index in [9.17, 15) is 10.2 Å². The molecule has 7 heteroatoms. The van der Waals surface area contributed by atoms with Crippen LogP contribution in [0.4, 0.5) is 0 Å². The van der Waals surface area contributed by atoms with E-state index in [2.05, 4.69) is 29.4 Å². The topological polar surface area (TPSA) is 93.3 Å². The van der Waals surface area contributed by atoms with Crippen molar-refractivity contribution in [2.45, 2.75) is 38.6 Å². The molecule has 1 aliphatic rings. The van der Waals surface area contributed by atoms with Crippen LogP contribution in [0.2, 0.25) is 0 Å². The summed E-state index contributed by atoms with van der Waals surface area (Å²) in [6, 6.07) is 9.23. The van der Waals surface area contributed by atoms with Crippen LogP contribution in [0.5, 0.6) is 17.2 Å². The first-order valence-electron chi connectivity index (χ1n) is 9.02. The van der Waals surface area contributed by atoms with E-state index >= 15 is 0 Å². The van der Waals surface area contributed by atoms with Crippen molar-refractivity contribution in [3.05, 3.63) is 35.9 Å². The number of phenols is 2. The number of hydrogen-bond acceptors (Lipinski definition) is 6. The van der Waals surface area contributed by atoms with Gasteiger partial charge in [-0.25, -0.2) is 4.68 Å². The molecule has 1 aromatic heterocycles. The first-order valence-corrected chi connectivity index (χ1v) is 9.02. The number of aromatic hydroxyl groups is 2. The molecule has 1 heterocycles. The number of nitrogens with zero attached hydrogens (tertiary/aromatic N) is 4. The van der Waals surface area contributed by atoms with Gasteiger partial charge in [0.05, 0.1) is 18.7 Å². The Bertz CT molecular complexity index is 993. The van der Waals surface area contributed by atoms with Gasteiger partial charge in [0.15, 0.2) is 5.82 Å². The third kappa shape index (κ3) is 3.09. The minimum absolute atomic E-state index is 0.0269. The van der Waals surface area contributed by atoms with Crippen LogP contribution >= 0.6 is 0 Å². The molecule has 0 unspecified atom stereocenters. The summed E-state index contributed by atoms with van der Waals surface area (Å²) in [7, 11) is 1.60. The highest BCUT2D eigenvalue weighted by Gasteiger charge is 2.29. The average molecular weight is 366 g/mol. The third-order valence-electron chi connectivity index (χ3n) is 4.92. The minimum atomic E-state index is -0.0630. The highest BCUT2D eigenvalue weighted by molar-refractivity contribution is 5.82. The maximum Gasteiger partial charge on any atom is 0.186 e. The number of tetrazole rings is 1. The molecule has 0 bridgehead atoms. The summed E-state index contributed by atoms with van der Waals surface area (Å²) in [5.74, 6) is 1.38. The van der Waals surface area contributed by atoms with Gasteiger partial charge >= 0.3 is 0 Å². The Morgan fingerprint density at radius 3 is 2.44 bits per heavy atom. The lowest BCUT2D eigenvalue weighted by molar-refractivity contribution is 0.415. The van der Waals surface area contributed by atoms with Crippen LogP contribution in [0.15, 0.2) is 30.3 Å². The molecule has 0 saturated heterocycles. The number of methoxy groups -OCH3 is 1. The van der Waals surface area contributed by atoms with E-state index in [1.807, 2.05) is 18.2 Å². The predicted molar refractivity (Wildman–Crippen MR) is 101 cm³/mol. The summed E-state index contributed by atoms with van der Waals surface area (Å²) in [4.78, 5) is 0. The van der Waals surface area contributed by atoms with E-state index in [-0.39, 0.29) is 17.5 Å². The Morgan fingerprint density at radius 2 is 1.78 bits per heavy atom. The van der Waals surface area contributed by atoms with E-state index in [0.717, 1.165) is 24.0 Å². The lowest BCUT2D eigenvalue weighted by Crippen LogP contribution is -2.00. The van der Waals surface area contributed by atoms with Gasteiger partial charge in [0.2, 0.25) is 0 Å². The van der Waals surface area contributed by atoms with E-state index in [0.29, 0.717) is 28.6 Å². The standard InChI is InChI=1S/C20H22N4O3/c1-11(2)12-4-7-19(27-3)15(8-12)14-9-16(18(26)10-17(14)25)20-21-22-23-24(20)13-5-6-13/h4,7-11,13,25-26H,5-6H2,1-3H3. The molecule has 0 spiro atoms. The number of rotatable bonds is 5. The minimum Gasteiger partial charge on any atom is -0.507 e. The van der Waals surface area contributed by atoms with Crippen molar-refractivity contribution in [2.75, 3.05) is 7.11 Å². The van der Waals surface area contributed by atoms with Crippen LogP contribution < -0.4 is 4.74 Å². The normalized spacial score (nSPS) is 13.9. The van der Waals surface area contributed by atoms with Crippen molar-refractivity contribution >= 4 is 0 Å². The van der Waals surface area contributed by atoms with Gasteiger partial charge < -0.3 is 14.9 Å². The molecule has 1 aliphatic carbocycles. The zero-order valence-corrected chi connectivity index (χ0v) is 15.5. The van der Waals surface area contributed by atoms with Gasteiger partial charge in [-0.3, -0.25) is 0 Å². The fourth-order valence-electron chi connectivity index (χ4n) is 3.20. The molecule has 0 aliphatic heterocycles. The van der Waals surface area contributed by atoms with E-state index in [1.54, 1.807) is 17.9 Å². The van der Waals surface area contributed by atoms with Crippen LogP contribution in [0.3, 0.4) is 0 Å². The Labute approximate surface area is 157 Å². The zero-order valence-electron chi connectivity index (χ0n) is 15.5. The second-order valence-corrected chi connectivity index (χ2v) is 7.18. The maximum atomic E-state index is 10.5. The predicted octanol–water partition coefficient (Wildman–Crippen LogP) is 3.89. The number of ether oxygens (including phenoxy) is 1. The molecule has 2 N–H and O–H groups in total. The fraction of sp³-hybridized carbons (Fsp3) is 0.350. The smallest absolute Gasteiger partial charge is 0.186 e. The molecule has 27 heavy (non-hydrogen) atoms. The highest BCUT2D eigenvalue weighted by atomic mass is 16.5. The largest absolute Gasteiger partial charge is 0.507 e. The Balaban J connectivity index is 1.89. The summed E-state index contributed by atoms with van der Waals surface area (Å²) >= 11 is 0. The van der Waals surface area contributed by atoms with Crippen LogP contribution in [0, 0.1) is 0 Å². The van der Waals surface area contributed by atoms with Gasteiger partial charge in [-0.05, 0) is 52.9 Å². The lowest BCUT2D eigenvalue weighted by Gasteiger charge is -2.15. The van der Waals surface area contributed by atoms with Gasteiger partial charge in [-0.15, -0.1) is 5.10 Å². The molecule has 7 nitrogen and oxygen atoms in total. The van der Waals surface area contributed by atoms with Gasteiger partial charge in [-0.1, -0.05) is 19.9 Å². The monoisotopic (exact) mass is 366 g/mol. The number of phenolic OH excluding ortho intramolecular Hbond substituents is 2. The summed E-state index contributed by atoms with van der Waals surface area (Å²) < 4.78 is 7.24. The summed E-state index contributed by atoms with van der Waals surface area (Å²) in [6.45, 7) is 4.22. The summed E-state index contributed by atoms with van der Waals surface area (Å²) in [5, 5.41) is 32.9. The molecule has 1 fully saturated rings. The first-order chi connectivity index (χ1) is 13.0. The fourth-order valence-corrected chi connectivity index (χ4v) is 3.20.